The summed E-state index contributed by atoms with van der Waals surface area (Å²) in [4.78, 5) is 17.6. The maximum absolute atomic E-state index is 11.1. The van der Waals surface area contributed by atoms with E-state index in [4.69, 9.17) is 5.11 Å². The third-order valence-corrected chi connectivity index (χ3v) is 4.56. The van der Waals surface area contributed by atoms with Crippen LogP contribution in [0, 0.1) is 5.92 Å². The van der Waals surface area contributed by atoms with E-state index in [0.29, 0.717) is 11.5 Å². The number of aromatic nitrogens is 1. The molecule has 1 aromatic heterocycles. The zero-order valence-corrected chi connectivity index (χ0v) is 13.2. The molecule has 1 saturated heterocycles. The summed E-state index contributed by atoms with van der Waals surface area (Å²) in [6.45, 7) is 3.20. The Balaban J connectivity index is 1.51. The minimum atomic E-state index is -0.848. The Bertz CT molecular complexity index is 649. The number of rotatable bonds is 5. The maximum atomic E-state index is 11.1. The lowest BCUT2D eigenvalue weighted by molar-refractivity contribution is 0.0696. The molecule has 1 aliphatic rings. The summed E-state index contributed by atoms with van der Waals surface area (Å²) in [6.07, 6.45) is 7.00. The molecule has 0 atom stereocenters. The van der Waals surface area contributed by atoms with Crippen molar-refractivity contribution in [1.29, 1.82) is 0 Å². The van der Waals surface area contributed by atoms with Crippen LogP contribution in [-0.2, 0) is 13.0 Å². The first-order valence-corrected chi connectivity index (χ1v) is 8.14. The van der Waals surface area contributed by atoms with Gasteiger partial charge in [-0.05, 0) is 73.7 Å². The van der Waals surface area contributed by atoms with Crippen LogP contribution in [0.2, 0.25) is 0 Å². The highest BCUT2D eigenvalue weighted by molar-refractivity contribution is 5.87. The van der Waals surface area contributed by atoms with Crippen LogP contribution in [0.4, 0.5) is 0 Å². The van der Waals surface area contributed by atoms with Crippen molar-refractivity contribution in [1.82, 2.24) is 9.88 Å². The topological polar surface area (TPSA) is 53.4 Å². The SMILES string of the molecule is O=C(O)c1cccc(CC2CCN(Cc3ccncc3)CC2)c1. The fraction of sp³-hybridized carbons (Fsp3) is 0.368. The van der Waals surface area contributed by atoms with Gasteiger partial charge in [0.15, 0.2) is 0 Å². The summed E-state index contributed by atoms with van der Waals surface area (Å²) >= 11 is 0. The van der Waals surface area contributed by atoms with Gasteiger partial charge in [0.2, 0.25) is 0 Å². The number of carboxylic acids is 1. The van der Waals surface area contributed by atoms with Gasteiger partial charge in [0.05, 0.1) is 5.56 Å². The Kier molecular flexibility index (Phi) is 5.03. The van der Waals surface area contributed by atoms with E-state index in [1.807, 2.05) is 30.6 Å². The fourth-order valence-corrected chi connectivity index (χ4v) is 3.26. The fourth-order valence-electron chi connectivity index (χ4n) is 3.26. The molecule has 0 saturated carbocycles. The Morgan fingerprint density at radius 2 is 1.87 bits per heavy atom. The second-order valence-electron chi connectivity index (χ2n) is 6.28. The minimum absolute atomic E-state index is 0.387. The lowest BCUT2D eigenvalue weighted by atomic mass is 9.89. The van der Waals surface area contributed by atoms with Gasteiger partial charge in [-0.3, -0.25) is 9.88 Å². The zero-order valence-electron chi connectivity index (χ0n) is 13.2. The van der Waals surface area contributed by atoms with Gasteiger partial charge >= 0.3 is 5.97 Å². The molecule has 0 bridgehead atoms. The second-order valence-corrected chi connectivity index (χ2v) is 6.28. The molecule has 0 unspecified atom stereocenters. The van der Waals surface area contributed by atoms with E-state index in [2.05, 4.69) is 22.0 Å². The van der Waals surface area contributed by atoms with Crippen LogP contribution >= 0.6 is 0 Å². The van der Waals surface area contributed by atoms with Gasteiger partial charge in [0, 0.05) is 18.9 Å². The van der Waals surface area contributed by atoms with Crippen LogP contribution in [0.3, 0.4) is 0 Å². The van der Waals surface area contributed by atoms with Crippen molar-refractivity contribution in [3.8, 4) is 0 Å². The van der Waals surface area contributed by atoms with Crippen molar-refractivity contribution in [2.45, 2.75) is 25.8 Å². The number of nitrogens with zero attached hydrogens (tertiary/aromatic N) is 2. The molecule has 3 rings (SSSR count). The molecular formula is C19H22N2O2. The van der Waals surface area contributed by atoms with Crippen LogP contribution < -0.4 is 0 Å². The summed E-state index contributed by atoms with van der Waals surface area (Å²) in [7, 11) is 0. The highest BCUT2D eigenvalue weighted by Crippen LogP contribution is 2.23. The zero-order chi connectivity index (χ0) is 16.1. The minimum Gasteiger partial charge on any atom is -0.478 e. The first-order valence-electron chi connectivity index (χ1n) is 8.14. The quantitative estimate of drug-likeness (QED) is 0.921. The molecule has 0 spiro atoms. The lowest BCUT2D eigenvalue weighted by Gasteiger charge is -2.32. The van der Waals surface area contributed by atoms with Crippen molar-refractivity contribution in [2.75, 3.05) is 13.1 Å². The van der Waals surface area contributed by atoms with Crippen LogP contribution in [-0.4, -0.2) is 34.0 Å². The molecule has 120 valence electrons. The molecule has 4 nitrogen and oxygen atoms in total. The number of pyridine rings is 1. The maximum Gasteiger partial charge on any atom is 0.335 e. The Morgan fingerprint density at radius 3 is 2.57 bits per heavy atom. The van der Waals surface area contributed by atoms with E-state index in [1.165, 1.54) is 18.4 Å². The van der Waals surface area contributed by atoms with Gasteiger partial charge in [-0.15, -0.1) is 0 Å². The summed E-state index contributed by atoms with van der Waals surface area (Å²) in [6, 6.07) is 11.5. The summed E-state index contributed by atoms with van der Waals surface area (Å²) < 4.78 is 0. The average molecular weight is 310 g/mol. The van der Waals surface area contributed by atoms with Crippen LogP contribution in [0.15, 0.2) is 48.8 Å². The second kappa shape index (κ2) is 7.38. The van der Waals surface area contributed by atoms with Crippen molar-refractivity contribution in [3.63, 3.8) is 0 Å². The van der Waals surface area contributed by atoms with E-state index in [0.717, 1.165) is 31.6 Å². The lowest BCUT2D eigenvalue weighted by Crippen LogP contribution is -2.33. The number of carboxylic acid groups (broad SMARTS) is 1. The van der Waals surface area contributed by atoms with Crippen molar-refractivity contribution in [2.24, 2.45) is 5.92 Å². The average Bonchev–Trinajstić information content (AvgIpc) is 2.58. The van der Waals surface area contributed by atoms with Crippen LogP contribution in [0.25, 0.3) is 0 Å². The van der Waals surface area contributed by atoms with Gasteiger partial charge in [-0.1, -0.05) is 12.1 Å². The van der Waals surface area contributed by atoms with E-state index in [-0.39, 0.29) is 0 Å². The normalized spacial score (nSPS) is 16.3. The predicted molar refractivity (Wildman–Crippen MR) is 89.3 cm³/mol. The molecule has 4 heteroatoms. The predicted octanol–water partition coefficient (Wildman–Crippen LogP) is 3.23. The summed E-state index contributed by atoms with van der Waals surface area (Å²) in [5.74, 6) is -0.202. The van der Waals surface area contributed by atoms with E-state index in [9.17, 15) is 4.79 Å². The molecule has 1 N–H and O–H groups in total. The molecule has 0 radical (unpaired) electrons. The largest absolute Gasteiger partial charge is 0.478 e. The molecule has 2 aromatic rings. The van der Waals surface area contributed by atoms with E-state index >= 15 is 0 Å². The molecule has 0 amide bonds. The first kappa shape index (κ1) is 15.7. The molecule has 0 aliphatic carbocycles. The Labute approximate surface area is 136 Å². The molecular weight excluding hydrogens is 288 g/mol. The monoisotopic (exact) mass is 310 g/mol. The highest BCUT2D eigenvalue weighted by atomic mass is 16.4. The molecule has 23 heavy (non-hydrogen) atoms. The number of hydrogen-bond acceptors (Lipinski definition) is 3. The Hall–Kier alpha value is -2.20. The van der Waals surface area contributed by atoms with Gasteiger partial charge < -0.3 is 5.11 Å². The van der Waals surface area contributed by atoms with Crippen molar-refractivity contribution >= 4 is 5.97 Å². The standard InChI is InChI=1S/C19H22N2O2/c22-19(23)18-3-1-2-17(13-18)12-15-6-10-21(11-7-15)14-16-4-8-20-9-5-16/h1-5,8-9,13,15H,6-7,10-12,14H2,(H,22,23). The number of carbonyl (C=O) groups is 1. The molecule has 1 aromatic carbocycles. The molecule has 1 fully saturated rings. The smallest absolute Gasteiger partial charge is 0.335 e. The first-order chi connectivity index (χ1) is 11.2. The van der Waals surface area contributed by atoms with E-state index in [1.54, 1.807) is 6.07 Å². The van der Waals surface area contributed by atoms with Crippen LogP contribution in [0.1, 0.15) is 34.3 Å². The van der Waals surface area contributed by atoms with Crippen LogP contribution in [0.5, 0.6) is 0 Å². The number of piperidine rings is 1. The van der Waals surface area contributed by atoms with Gasteiger partial charge in [-0.25, -0.2) is 4.79 Å². The van der Waals surface area contributed by atoms with Gasteiger partial charge in [0.1, 0.15) is 0 Å². The Morgan fingerprint density at radius 1 is 1.13 bits per heavy atom. The highest BCUT2D eigenvalue weighted by Gasteiger charge is 2.19. The number of hydrogen-bond donors (Lipinski definition) is 1. The third kappa shape index (κ3) is 4.39. The van der Waals surface area contributed by atoms with E-state index < -0.39 is 5.97 Å². The van der Waals surface area contributed by atoms with Crippen molar-refractivity contribution < 1.29 is 9.90 Å². The number of benzene rings is 1. The summed E-state index contributed by atoms with van der Waals surface area (Å²) in [5, 5.41) is 9.08. The van der Waals surface area contributed by atoms with Gasteiger partial charge in [0.25, 0.3) is 0 Å². The number of aromatic carboxylic acids is 1. The third-order valence-electron chi connectivity index (χ3n) is 4.56. The van der Waals surface area contributed by atoms with Crippen molar-refractivity contribution in [3.05, 3.63) is 65.5 Å². The molecule has 2 heterocycles. The van der Waals surface area contributed by atoms with Gasteiger partial charge in [-0.2, -0.15) is 0 Å². The molecule has 1 aliphatic heterocycles. The summed E-state index contributed by atoms with van der Waals surface area (Å²) in [5.41, 5.74) is 2.84. The number of likely N-dealkylation sites (tertiary alicyclic amines) is 1.